The van der Waals surface area contributed by atoms with Gasteiger partial charge in [0.2, 0.25) is 0 Å². The third kappa shape index (κ3) is 4.60. The van der Waals surface area contributed by atoms with Crippen molar-refractivity contribution in [1.82, 2.24) is 24.7 Å². The average molecular weight is 498 g/mol. The van der Waals surface area contributed by atoms with Gasteiger partial charge in [0.15, 0.2) is 11.0 Å². The van der Waals surface area contributed by atoms with Gasteiger partial charge in [0, 0.05) is 11.3 Å². The normalized spacial score (nSPS) is 11.9. The molecule has 5 aromatic rings. The molecule has 0 bridgehead atoms. The van der Waals surface area contributed by atoms with Crippen LogP contribution in [0.2, 0.25) is 0 Å². The molecule has 0 unspecified atom stereocenters. The van der Waals surface area contributed by atoms with Gasteiger partial charge in [-0.3, -0.25) is 4.57 Å². The highest BCUT2D eigenvalue weighted by atomic mass is 32.2. The van der Waals surface area contributed by atoms with Crippen LogP contribution in [0.4, 0.5) is 0 Å². The van der Waals surface area contributed by atoms with Crippen molar-refractivity contribution in [2.24, 2.45) is 0 Å². The number of ether oxygens (including phenoxy) is 1. The molecule has 2 heterocycles. The first-order valence-corrected chi connectivity index (χ1v) is 12.2. The van der Waals surface area contributed by atoms with Gasteiger partial charge in [0.05, 0.1) is 23.9 Å². The highest BCUT2D eigenvalue weighted by molar-refractivity contribution is 7.99. The molecule has 3 aromatic carbocycles. The molecule has 0 saturated carbocycles. The van der Waals surface area contributed by atoms with E-state index in [1.165, 1.54) is 18.9 Å². The summed E-state index contributed by atoms with van der Waals surface area (Å²) in [5.41, 5.74) is 4.35. The van der Waals surface area contributed by atoms with Crippen LogP contribution in [-0.4, -0.2) is 48.7 Å². The van der Waals surface area contributed by atoms with Crippen LogP contribution < -0.4 is 0 Å². The minimum atomic E-state index is -0.683. The average Bonchev–Trinajstić information content (AvgIpc) is 3.52. The van der Waals surface area contributed by atoms with Gasteiger partial charge in [-0.2, -0.15) is 0 Å². The number of aromatic nitrogens is 5. The topological polar surface area (TPSA) is 106 Å². The number of carbonyl (C=O) groups excluding carboxylic acids is 1. The summed E-state index contributed by atoms with van der Waals surface area (Å²) in [6.45, 7) is 2.03. The van der Waals surface area contributed by atoms with Gasteiger partial charge in [-0.05, 0) is 31.2 Å². The molecule has 2 N–H and O–H groups in total. The van der Waals surface area contributed by atoms with Crippen molar-refractivity contribution in [2.75, 3.05) is 12.9 Å². The first-order chi connectivity index (χ1) is 17.5. The number of H-pyrrole nitrogens is 1. The molecule has 9 heteroatoms. The Labute approximate surface area is 211 Å². The van der Waals surface area contributed by atoms with Gasteiger partial charge >= 0.3 is 5.97 Å². The highest BCUT2D eigenvalue weighted by Crippen LogP contribution is 2.30. The van der Waals surface area contributed by atoms with E-state index in [0.29, 0.717) is 16.5 Å². The summed E-state index contributed by atoms with van der Waals surface area (Å²) in [7, 11) is 1.27. The van der Waals surface area contributed by atoms with Crippen molar-refractivity contribution >= 4 is 34.3 Å². The number of hydrogen-bond acceptors (Lipinski definition) is 7. The largest absolute Gasteiger partial charge is 0.510 e. The lowest BCUT2D eigenvalue weighted by Crippen LogP contribution is -2.10. The fraction of sp³-hybridized carbons (Fsp3) is 0.111. The van der Waals surface area contributed by atoms with E-state index in [-0.39, 0.29) is 22.9 Å². The Kier molecular flexibility index (Phi) is 6.55. The number of aryl methyl sites for hydroxylation is 1. The van der Waals surface area contributed by atoms with Gasteiger partial charge in [0.1, 0.15) is 17.2 Å². The van der Waals surface area contributed by atoms with Crippen LogP contribution >= 0.6 is 11.8 Å². The van der Waals surface area contributed by atoms with E-state index in [4.69, 9.17) is 4.74 Å². The zero-order chi connectivity index (χ0) is 25.1. The van der Waals surface area contributed by atoms with Gasteiger partial charge < -0.3 is 14.8 Å². The number of rotatable bonds is 7. The first kappa shape index (κ1) is 23.4. The van der Waals surface area contributed by atoms with E-state index in [0.717, 1.165) is 22.3 Å². The Morgan fingerprint density at radius 1 is 1.00 bits per heavy atom. The zero-order valence-corrected chi connectivity index (χ0v) is 20.5. The number of para-hydroxylation sites is 2. The fourth-order valence-corrected chi connectivity index (χ4v) is 4.62. The van der Waals surface area contributed by atoms with Crippen LogP contribution in [0.1, 0.15) is 11.4 Å². The third-order valence-electron chi connectivity index (χ3n) is 5.60. The van der Waals surface area contributed by atoms with E-state index < -0.39 is 5.97 Å². The van der Waals surface area contributed by atoms with E-state index in [2.05, 4.69) is 20.2 Å². The number of nitrogens with zero attached hydrogens (tertiary/aromatic N) is 4. The summed E-state index contributed by atoms with van der Waals surface area (Å²) in [6, 6.07) is 25.2. The Balaban J connectivity index is 1.53. The van der Waals surface area contributed by atoms with Crippen molar-refractivity contribution in [3.8, 4) is 17.1 Å². The predicted molar refractivity (Wildman–Crippen MR) is 140 cm³/mol. The highest BCUT2D eigenvalue weighted by Gasteiger charge is 2.23. The van der Waals surface area contributed by atoms with Gasteiger partial charge in [-0.15, -0.1) is 10.2 Å². The maximum Gasteiger partial charge on any atom is 0.345 e. The number of benzene rings is 3. The number of aliphatic hydroxyl groups is 1. The SMILES string of the molecule is COC(=O)/C(=C(/O)CSc1nnc(-c2ccccc2)n1-c1ccc(C)cc1)c1nc2ccccc2[nH]1. The summed E-state index contributed by atoms with van der Waals surface area (Å²) < 4.78 is 6.88. The number of imidazole rings is 1. The number of carbonyl (C=O) groups is 1. The van der Waals surface area contributed by atoms with Crippen molar-refractivity contribution in [3.63, 3.8) is 0 Å². The smallest absolute Gasteiger partial charge is 0.345 e. The molecule has 2 aromatic heterocycles. The number of aromatic amines is 1. The maximum atomic E-state index is 12.6. The van der Waals surface area contributed by atoms with Gasteiger partial charge in [0.25, 0.3) is 0 Å². The van der Waals surface area contributed by atoms with E-state index >= 15 is 0 Å². The summed E-state index contributed by atoms with van der Waals surface area (Å²) in [6.07, 6.45) is 0. The molecule has 5 rings (SSSR count). The number of methoxy groups -OCH3 is 1. The lowest BCUT2D eigenvalue weighted by atomic mass is 10.2. The number of aliphatic hydroxyl groups excluding tert-OH is 1. The van der Waals surface area contributed by atoms with Crippen molar-refractivity contribution in [3.05, 3.63) is 96.0 Å². The summed E-state index contributed by atoms with van der Waals surface area (Å²) in [5.74, 6) is 0.116. The van der Waals surface area contributed by atoms with Crippen LogP contribution in [0, 0.1) is 6.92 Å². The second-order valence-electron chi connectivity index (χ2n) is 8.05. The van der Waals surface area contributed by atoms with Crippen LogP contribution in [0.25, 0.3) is 33.7 Å². The van der Waals surface area contributed by atoms with E-state index in [1.807, 2.05) is 90.4 Å². The minimum Gasteiger partial charge on any atom is -0.510 e. The molecule has 0 fully saturated rings. The molecule has 0 saturated heterocycles. The molecule has 36 heavy (non-hydrogen) atoms. The van der Waals surface area contributed by atoms with Crippen LogP contribution in [-0.2, 0) is 9.53 Å². The summed E-state index contributed by atoms with van der Waals surface area (Å²) >= 11 is 1.26. The van der Waals surface area contributed by atoms with Crippen LogP contribution in [0.5, 0.6) is 0 Å². The monoisotopic (exact) mass is 497 g/mol. The van der Waals surface area contributed by atoms with Gasteiger partial charge in [-0.1, -0.05) is 71.9 Å². The van der Waals surface area contributed by atoms with Crippen LogP contribution in [0.3, 0.4) is 0 Å². The molecule has 0 radical (unpaired) electrons. The third-order valence-corrected chi connectivity index (χ3v) is 6.54. The number of hydrogen-bond donors (Lipinski definition) is 2. The standard InChI is InChI=1S/C27H23N5O3S/c1-17-12-14-19(15-13-17)32-25(18-8-4-3-5-9-18)30-31-27(32)36-16-22(33)23(26(34)35-2)24-28-20-10-6-7-11-21(20)29-24/h3-15,33H,16H2,1-2H3,(H,28,29)/b23-22+. The second kappa shape index (κ2) is 10.1. The maximum absolute atomic E-state index is 12.6. The number of esters is 1. The minimum absolute atomic E-state index is 0.0223. The summed E-state index contributed by atoms with van der Waals surface area (Å²) in [5, 5.41) is 20.4. The molecule has 180 valence electrons. The van der Waals surface area contributed by atoms with E-state index in [1.54, 1.807) is 0 Å². The van der Waals surface area contributed by atoms with Gasteiger partial charge in [-0.25, -0.2) is 9.78 Å². The number of nitrogens with one attached hydrogen (secondary N) is 1. The van der Waals surface area contributed by atoms with Crippen LogP contribution in [0.15, 0.2) is 89.8 Å². The second-order valence-corrected chi connectivity index (χ2v) is 8.99. The summed E-state index contributed by atoms with van der Waals surface area (Å²) in [4.78, 5) is 20.2. The molecule has 0 amide bonds. The number of fused-ring (bicyclic) bond motifs is 1. The Bertz CT molecular complexity index is 1520. The quantitative estimate of drug-likeness (QED) is 0.135. The Hall–Kier alpha value is -4.37. The predicted octanol–water partition coefficient (Wildman–Crippen LogP) is 5.35. The van der Waals surface area contributed by atoms with Crippen molar-refractivity contribution < 1.29 is 14.6 Å². The molecule has 0 atom stereocenters. The van der Waals surface area contributed by atoms with Crippen molar-refractivity contribution in [2.45, 2.75) is 12.1 Å². The molecule has 0 aliphatic heterocycles. The fourth-order valence-electron chi connectivity index (χ4n) is 3.79. The Morgan fingerprint density at radius 2 is 1.72 bits per heavy atom. The molecular formula is C27H23N5O3S. The first-order valence-electron chi connectivity index (χ1n) is 11.2. The zero-order valence-electron chi connectivity index (χ0n) is 19.7. The molecular weight excluding hydrogens is 474 g/mol. The number of thioether (sulfide) groups is 1. The lowest BCUT2D eigenvalue weighted by molar-refractivity contribution is -0.133. The lowest BCUT2D eigenvalue weighted by Gasteiger charge is -2.11. The molecule has 0 aliphatic rings. The molecule has 0 aliphatic carbocycles. The molecule has 8 nitrogen and oxygen atoms in total. The van der Waals surface area contributed by atoms with Crippen molar-refractivity contribution in [1.29, 1.82) is 0 Å². The molecule has 0 spiro atoms. The Morgan fingerprint density at radius 3 is 2.44 bits per heavy atom. The van der Waals surface area contributed by atoms with E-state index in [9.17, 15) is 9.90 Å².